The molecule has 0 saturated carbocycles. The summed E-state index contributed by atoms with van der Waals surface area (Å²) < 4.78 is 40.4. The maximum absolute atomic E-state index is 11.7. The van der Waals surface area contributed by atoms with Crippen LogP contribution in [0.25, 0.3) is 0 Å². The molecule has 0 fully saturated rings. The summed E-state index contributed by atoms with van der Waals surface area (Å²) in [5.41, 5.74) is 1.65. The van der Waals surface area contributed by atoms with E-state index in [9.17, 15) is 14.0 Å². The van der Waals surface area contributed by atoms with Crippen molar-refractivity contribution in [1.82, 2.24) is 0 Å². The van der Waals surface area contributed by atoms with Crippen LogP contribution in [0, 0.1) is 31.9 Å². The van der Waals surface area contributed by atoms with Crippen molar-refractivity contribution >= 4 is 27.4 Å². The number of halogens is 1. The molecule has 0 bridgehead atoms. The molecule has 2 aliphatic heterocycles. The third-order valence-corrected chi connectivity index (χ3v) is 9.78. The van der Waals surface area contributed by atoms with Gasteiger partial charge in [-0.2, -0.15) is 14.0 Å². The summed E-state index contributed by atoms with van der Waals surface area (Å²) >= 11 is 1.68. The molecule has 0 aliphatic carbocycles. The van der Waals surface area contributed by atoms with E-state index in [1.807, 2.05) is 39.0 Å². The van der Waals surface area contributed by atoms with Crippen LogP contribution in [0.4, 0.5) is 0 Å². The summed E-state index contributed by atoms with van der Waals surface area (Å²) in [4.78, 5) is 3.75. The van der Waals surface area contributed by atoms with Crippen LogP contribution in [0.2, 0.25) is 0 Å². The van der Waals surface area contributed by atoms with Crippen LogP contribution in [0.5, 0.6) is 0 Å². The lowest BCUT2D eigenvalue weighted by Crippen LogP contribution is -2.60. The second kappa shape index (κ2) is 9.70. The second-order valence-electron chi connectivity index (χ2n) is 13.0. The van der Waals surface area contributed by atoms with E-state index >= 15 is 0 Å². The van der Waals surface area contributed by atoms with Gasteiger partial charge in [0.1, 0.15) is 14.5 Å². The Balaban J connectivity index is 2.83. The predicted molar refractivity (Wildman–Crippen MR) is 140 cm³/mol. The normalized spacial score (nSPS) is 22.4. The molecular weight excluding hydrogens is 488 g/mol. The van der Waals surface area contributed by atoms with Crippen molar-refractivity contribution in [2.24, 2.45) is 21.7 Å². The van der Waals surface area contributed by atoms with E-state index in [0.29, 0.717) is 4.86 Å². The molecule has 0 radical (unpaired) electrons. The highest BCUT2D eigenvalue weighted by molar-refractivity contribution is 8.15. The molecule has 0 aromatic carbocycles. The zero-order valence-corrected chi connectivity index (χ0v) is 25.1. The minimum Gasteiger partial charge on any atom is -0.182 e. The van der Waals surface area contributed by atoms with Gasteiger partial charge in [0, 0.05) is 14.7 Å². The van der Waals surface area contributed by atoms with E-state index in [1.54, 1.807) is 11.8 Å². The van der Waals surface area contributed by atoms with Crippen molar-refractivity contribution in [2.75, 3.05) is 0 Å². The molecule has 1 unspecified atom stereocenters. The van der Waals surface area contributed by atoms with Crippen molar-refractivity contribution in [3.05, 3.63) is 56.2 Å². The van der Waals surface area contributed by atoms with Gasteiger partial charge in [0.15, 0.2) is 0 Å². The van der Waals surface area contributed by atoms with Crippen molar-refractivity contribution in [1.29, 1.82) is 0 Å². The van der Waals surface area contributed by atoms with Gasteiger partial charge in [-0.1, -0.05) is 94.8 Å². The van der Waals surface area contributed by atoms with Crippen molar-refractivity contribution in [2.45, 2.75) is 83.1 Å². The summed E-state index contributed by atoms with van der Waals surface area (Å²) in [7, 11) is -5.93. The highest BCUT2D eigenvalue weighted by Gasteiger charge is 2.37. The molecule has 192 valence electrons. The highest BCUT2D eigenvalue weighted by Crippen LogP contribution is 2.50. The minimum atomic E-state index is -4.60. The van der Waals surface area contributed by atoms with Gasteiger partial charge in [-0.05, 0) is 68.1 Å². The lowest BCUT2D eigenvalue weighted by atomic mass is 9.83. The molecule has 0 amide bonds. The van der Waals surface area contributed by atoms with Gasteiger partial charge >= 0.3 is 0 Å². The van der Waals surface area contributed by atoms with E-state index in [1.165, 1.54) is 10.5 Å². The number of allylic oxidation sites excluding steroid dienone is 9. The Morgan fingerprint density at radius 2 is 1.21 bits per heavy atom. The highest BCUT2D eigenvalue weighted by atomic mass is 35.7. The first-order chi connectivity index (χ1) is 15.0. The fourth-order valence-corrected chi connectivity index (χ4v) is 7.16. The van der Waals surface area contributed by atoms with E-state index in [2.05, 4.69) is 74.5 Å². The molecule has 0 aromatic rings. The predicted octanol–water partition coefficient (Wildman–Crippen LogP) is 5.71. The maximum atomic E-state index is 11.7. The Hall–Kier alpha value is -0.600. The molecule has 0 saturated heterocycles. The van der Waals surface area contributed by atoms with Crippen LogP contribution in [-0.4, -0.2) is 4.86 Å². The first-order valence-electron chi connectivity index (χ1n) is 11.5. The molecule has 34 heavy (non-hydrogen) atoms. The van der Waals surface area contributed by atoms with Crippen molar-refractivity contribution < 1.29 is 28.0 Å². The van der Waals surface area contributed by atoms with Crippen LogP contribution in [0.3, 0.4) is 0 Å². The molecule has 4 nitrogen and oxygen atoms in total. The fraction of sp³-hybridized carbons (Fsp3) is 0.593. The summed E-state index contributed by atoms with van der Waals surface area (Å²) in [6.07, 6.45) is 10.4. The largest absolute Gasteiger partial charge is 0.182 e. The SMILES string of the molecule is CC(C)(C)C1=CC(/C=C2\C=C(C(C)(C)C)C=C(C(C)(C)C)S2)=S(O[Cl+3]([O-])([O-])[O-])C(C(C)(C)C)=C1. The molecule has 0 aromatic heterocycles. The lowest BCUT2D eigenvalue weighted by molar-refractivity contribution is -1.91. The molecule has 0 spiro atoms. The zero-order valence-electron chi connectivity index (χ0n) is 22.7. The number of rotatable bonds is 3. The smallest absolute Gasteiger partial charge is 0.143 e. The van der Waals surface area contributed by atoms with Crippen molar-refractivity contribution in [3.63, 3.8) is 0 Å². The second-order valence-corrected chi connectivity index (χ2v) is 16.8. The number of thioether (sulfide) groups is 1. The minimum absolute atomic E-state index is 0.0379. The third-order valence-electron chi connectivity index (χ3n) is 5.45. The van der Waals surface area contributed by atoms with Gasteiger partial charge < -0.3 is 0 Å². The lowest BCUT2D eigenvalue weighted by Gasteiger charge is -2.32. The average Bonchev–Trinajstić information content (AvgIpc) is 2.58. The quantitative estimate of drug-likeness (QED) is 0.346. The third kappa shape index (κ3) is 7.95. The van der Waals surface area contributed by atoms with Crippen LogP contribution in [0.1, 0.15) is 83.1 Å². The molecule has 7 heteroatoms. The molecule has 2 aliphatic rings. The fourth-order valence-electron chi connectivity index (χ4n) is 3.28. The average molecular weight is 529 g/mol. The molecule has 2 rings (SSSR count). The monoisotopic (exact) mass is 528 g/mol. The Morgan fingerprint density at radius 3 is 1.62 bits per heavy atom. The molecule has 0 N–H and O–H groups in total. The van der Waals surface area contributed by atoms with E-state index in [4.69, 9.17) is 3.74 Å². The van der Waals surface area contributed by atoms with Gasteiger partial charge in [0.25, 0.3) is 0 Å². The van der Waals surface area contributed by atoms with Crippen LogP contribution >= 0.6 is 22.5 Å². The molecule has 1 atom stereocenters. The maximum Gasteiger partial charge on any atom is 0.143 e. The molecule has 2 heterocycles. The standard InChI is InChI=1S/C27H41ClO4S2/c1-24(2,3)18-13-20(33-22(15-18)26(7,8)9)17-21-14-19(25(4,5)6)16-23(27(10,11)12)34(21)32-28(29,30)31/h13-17H,1-12H3/b20-17+. The number of hydrogen-bond donors (Lipinski definition) is 0. The zero-order chi connectivity index (χ0) is 26.5. The van der Waals surface area contributed by atoms with Gasteiger partial charge in [0.05, 0.1) is 10.2 Å². The van der Waals surface area contributed by atoms with E-state index < -0.39 is 21.0 Å². The van der Waals surface area contributed by atoms with Gasteiger partial charge in [-0.15, -0.1) is 0 Å². The van der Waals surface area contributed by atoms with Crippen LogP contribution in [0.15, 0.2) is 56.2 Å². The topological polar surface area (TPSA) is 78.4 Å². The summed E-state index contributed by atoms with van der Waals surface area (Å²) in [6.45, 7) is 25.6. The Labute approximate surface area is 215 Å². The van der Waals surface area contributed by atoms with Gasteiger partial charge in [0.2, 0.25) is 0 Å². The molecular formula is C27H41ClO4S2. The van der Waals surface area contributed by atoms with Crippen LogP contribution in [-0.2, 0) is 3.74 Å². The number of hydrogen-bond acceptors (Lipinski definition) is 5. The summed E-state index contributed by atoms with van der Waals surface area (Å²) in [5, 5.41) is 0. The summed E-state index contributed by atoms with van der Waals surface area (Å²) in [5.74, 6) is 0. The first kappa shape index (κ1) is 29.6. The van der Waals surface area contributed by atoms with Crippen LogP contribution < -0.4 is 14.0 Å². The van der Waals surface area contributed by atoms with Gasteiger partial charge in [-0.25, -0.2) is 0 Å². The van der Waals surface area contributed by atoms with Gasteiger partial charge in [-0.3, -0.25) is 0 Å². The first-order valence-corrected chi connectivity index (χ1v) is 14.7. The van der Waals surface area contributed by atoms with Crippen molar-refractivity contribution in [3.8, 4) is 0 Å². The summed E-state index contributed by atoms with van der Waals surface area (Å²) in [6, 6.07) is 0. The Morgan fingerprint density at radius 1 is 0.706 bits per heavy atom. The Bertz CT molecular complexity index is 1010. The Kier molecular flexibility index (Phi) is 8.45. The van der Waals surface area contributed by atoms with E-state index in [0.717, 1.165) is 15.4 Å². The van der Waals surface area contributed by atoms with E-state index in [-0.39, 0.29) is 21.7 Å².